The maximum absolute atomic E-state index is 11.0. The number of nitrogens with zero attached hydrogens (tertiary/aromatic N) is 4. The molecule has 2 rings (SSSR count). The predicted octanol–water partition coefficient (Wildman–Crippen LogP) is 1.24. The van der Waals surface area contributed by atoms with Crippen LogP contribution in [-0.4, -0.2) is 54.6 Å². The zero-order chi connectivity index (χ0) is 15.2. The molecule has 1 saturated heterocycles. The molecule has 0 saturated carbocycles. The van der Waals surface area contributed by atoms with Crippen LogP contribution < -0.4 is 4.74 Å². The van der Waals surface area contributed by atoms with Gasteiger partial charge in [0.25, 0.3) is 0 Å². The van der Waals surface area contributed by atoms with Gasteiger partial charge < -0.3 is 4.74 Å². The number of benzene rings is 1. The molecule has 0 aliphatic carbocycles. The van der Waals surface area contributed by atoms with E-state index in [4.69, 9.17) is 10.00 Å². The Kier molecular flexibility index (Phi) is 5.09. The third-order valence-electron chi connectivity index (χ3n) is 3.61. The monoisotopic (exact) mass is 290 g/mol. The van der Waals surface area contributed by atoms with E-state index in [0.29, 0.717) is 13.1 Å². The van der Waals surface area contributed by atoms with Crippen molar-refractivity contribution in [2.24, 2.45) is 0 Å². The number of hydrogen-bond acceptors (Lipinski definition) is 6. The van der Waals surface area contributed by atoms with Gasteiger partial charge in [-0.3, -0.25) is 19.9 Å². The van der Waals surface area contributed by atoms with Gasteiger partial charge in [0, 0.05) is 38.8 Å². The summed E-state index contributed by atoms with van der Waals surface area (Å²) in [7, 11) is 1.43. The minimum absolute atomic E-state index is 0.00174. The molecule has 7 nitrogen and oxygen atoms in total. The second kappa shape index (κ2) is 7.02. The molecule has 112 valence electrons. The quantitative estimate of drug-likeness (QED) is 0.461. The zero-order valence-electron chi connectivity index (χ0n) is 12.0. The van der Waals surface area contributed by atoms with Crippen molar-refractivity contribution in [3.63, 3.8) is 0 Å². The third kappa shape index (κ3) is 3.90. The number of rotatable bonds is 5. The molecule has 7 heteroatoms. The fraction of sp³-hybridized carbons (Fsp3) is 0.500. The van der Waals surface area contributed by atoms with E-state index >= 15 is 0 Å². The minimum atomic E-state index is -0.423. The van der Waals surface area contributed by atoms with Gasteiger partial charge in [-0.1, -0.05) is 6.07 Å². The summed E-state index contributed by atoms with van der Waals surface area (Å²) in [4.78, 5) is 14.9. The lowest BCUT2D eigenvalue weighted by Crippen LogP contribution is -2.45. The summed E-state index contributed by atoms with van der Waals surface area (Å²) in [5.41, 5.74) is 0.898. The van der Waals surface area contributed by atoms with Crippen molar-refractivity contribution in [1.82, 2.24) is 9.80 Å². The van der Waals surface area contributed by atoms with E-state index in [9.17, 15) is 10.1 Å². The van der Waals surface area contributed by atoms with Crippen LogP contribution in [0.1, 0.15) is 5.56 Å². The molecule has 0 N–H and O–H groups in total. The smallest absolute Gasteiger partial charge is 0.311 e. The van der Waals surface area contributed by atoms with Crippen molar-refractivity contribution >= 4 is 5.69 Å². The summed E-state index contributed by atoms with van der Waals surface area (Å²) in [5.74, 6) is 0.280. The van der Waals surface area contributed by atoms with Crippen molar-refractivity contribution in [3.05, 3.63) is 33.9 Å². The Morgan fingerprint density at radius 3 is 2.57 bits per heavy atom. The number of ether oxygens (including phenoxy) is 1. The lowest BCUT2D eigenvalue weighted by molar-refractivity contribution is -0.385. The van der Waals surface area contributed by atoms with Crippen LogP contribution in [0.2, 0.25) is 0 Å². The Morgan fingerprint density at radius 1 is 1.33 bits per heavy atom. The van der Waals surface area contributed by atoms with Crippen LogP contribution >= 0.6 is 0 Å². The largest absolute Gasteiger partial charge is 0.490 e. The van der Waals surface area contributed by atoms with Crippen molar-refractivity contribution in [3.8, 4) is 11.8 Å². The van der Waals surface area contributed by atoms with E-state index in [1.54, 1.807) is 12.1 Å². The highest BCUT2D eigenvalue weighted by molar-refractivity contribution is 5.48. The van der Waals surface area contributed by atoms with Crippen LogP contribution in [0.3, 0.4) is 0 Å². The molecule has 1 aromatic rings. The van der Waals surface area contributed by atoms with E-state index in [-0.39, 0.29) is 11.4 Å². The predicted molar refractivity (Wildman–Crippen MR) is 77.0 cm³/mol. The first-order valence-corrected chi connectivity index (χ1v) is 6.77. The number of nitro benzene ring substituents is 1. The van der Waals surface area contributed by atoms with Gasteiger partial charge in [0.05, 0.1) is 24.6 Å². The maximum Gasteiger partial charge on any atom is 0.311 e. The Morgan fingerprint density at radius 2 is 2.00 bits per heavy atom. The number of nitriles is 1. The molecule has 0 bridgehead atoms. The van der Waals surface area contributed by atoms with Crippen LogP contribution in [0.25, 0.3) is 0 Å². The van der Waals surface area contributed by atoms with Gasteiger partial charge in [0.15, 0.2) is 5.75 Å². The van der Waals surface area contributed by atoms with Gasteiger partial charge in [-0.2, -0.15) is 5.26 Å². The van der Waals surface area contributed by atoms with E-state index in [1.165, 1.54) is 7.11 Å². The summed E-state index contributed by atoms with van der Waals surface area (Å²) < 4.78 is 5.00. The van der Waals surface area contributed by atoms with E-state index in [0.717, 1.165) is 31.7 Å². The molecule has 0 unspecified atom stereocenters. The Labute approximate surface area is 123 Å². The van der Waals surface area contributed by atoms with Crippen molar-refractivity contribution in [1.29, 1.82) is 5.26 Å². The van der Waals surface area contributed by atoms with Gasteiger partial charge in [0.1, 0.15) is 0 Å². The summed E-state index contributed by atoms with van der Waals surface area (Å²) in [6.07, 6.45) is 0. The van der Waals surface area contributed by atoms with Gasteiger partial charge in [-0.25, -0.2) is 0 Å². The van der Waals surface area contributed by atoms with Crippen LogP contribution in [0, 0.1) is 21.4 Å². The fourth-order valence-corrected chi connectivity index (χ4v) is 2.44. The van der Waals surface area contributed by atoms with Crippen LogP contribution in [-0.2, 0) is 6.54 Å². The Balaban J connectivity index is 1.99. The summed E-state index contributed by atoms with van der Waals surface area (Å²) in [5, 5.41) is 19.7. The fourth-order valence-electron chi connectivity index (χ4n) is 2.44. The second-order valence-electron chi connectivity index (χ2n) is 4.97. The highest BCUT2D eigenvalue weighted by Crippen LogP contribution is 2.28. The minimum Gasteiger partial charge on any atom is -0.490 e. The molecule has 0 radical (unpaired) electrons. The van der Waals surface area contributed by atoms with Crippen molar-refractivity contribution < 1.29 is 9.66 Å². The molecule has 1 fully saturated rings. The van der Waals surface area contributed by atoms with Gasteiger partial charge in [-0.05, 0) is 11.6 Å². The summed E-state index contributed by atoms with van der Waals surface area (Å²) in [6.45, 7) is 4.56. The topological polar surface area (TPSA) is 82.6 Å². The van der Waals surface area contributed by atoms with E-state index in [1.807, 2.05) is 6.07 Å². The van der Waals surface area contributed by atoms with Crippen LogP contribution in [0.5, 0.6) is 5.75 Å². The molecule has 0 amide bonds. The highest BCUT2D eigenvalue weighted by Gasteiger charge is 2.19. The molecular weight excluding hydrogens is 272 g/mol. The molecule has 1 heterocycles. The number of hydrogen-bond donors (Lipinski definition) is 0. The van der Waals surface area contributed by atoms with E-state index in [2.05, 4.69) is 15.9 Å². The van der Waals surface area contributed by atoms with Gasteiger partial charge in [-0.15, -0.1) is 0 Å². The lowest BCUT2D eigenvalue weighted by atomic mass is 10.1. The first kappa shape index (κ1) is 15.2. The molecule has 0 aromatic heterocycles. The normalized spacial score (nSPS) is 16.4. The second-order valence-corrected chi connectivity index (χ2v) is 4.97. The van der Waals surface area contributed by atoms with Crippen LogP contribution in [0.4, 0.5) is 5.69 Å². The average Bonchev–Trinajstić information content (AvgIpc) is 2.49. The van der Waals surface area contributed by atoms with E-state index < -0.39 is 4.92 Å². The Hall–Kier alpha value is -2.17. The Bertz CT molecular complexity index is 548. The molecular formula is C14H18N4O3. The number of piperazine rings is 1. The first-order valence-electron chi connectivity index (χ1n) is 6.77. The highest BCUT2D eigenvalue weighted by atomic mass is 16.6. The molecule has 21 heavy (non-hydrogen) atoms. The average molecular weight is 290 g/mol. The van der Waals surface area contributed by atoms with Gasteiger partial charge >= 0.3 is 5.69 Å². The molecule has 1 aliphatic rings. The number of methoxy groups -OCH3 is 1. The SMILES string of the molecule is COc1ccc(CN2CCN(CC#N)CC2)cc1[N+](=O)[O-]. The third-order valence-corrected chi connectivity index (χ3v) is 3.61. The lowest BCUT2D eigenvalue weighted by Gasteiger charge is -2.33. The van der Waals surface area contributed by atoms with Crippen molar-refractivity contribution in [2.75, 3.05) is 39.8 Å². The maximum atomic E-state index is 11.0. The molecule has 1 aromatic carbocycles. The van der Waals surface area contributed by atoms with Gasteiger partial charge in [0.2, 0.25) is 0 Å². The molecule has 0 atom stereocenters. The summed E-state index contributed by atoms with van der Waals surface area (Å²) >= 11 is 0. The number of nitro groups is 1. The first-order chi connectivity index (χ1) is 10.1. The van der Waals surface area contributed by atoms with Crippen LogP contribution in [0.15, 0.2) is 18.2 Å². The summed E-state index contributed by atoms with van der Waals surface area (Å²) in [6, 6.07) is 7.22. The standard InChI is InChI=1S/C14H18N4O3/c1-21-14-3-2-12(10-13(14)18(19)20)11-17-8-6-16(5-4-15)7-9-17/h2-3,10H,5-9,11H2,1H3. The molecule has 1 aliphatic heterocycles. The zero-order valence-corrected chi connectivity index (χ0v) is 12.0. The van der Waals surface area contributed by atoms with Crippen molar-refractivity contribution in [2.45, 2.75) is 6.54 Å². The molecule has 0 spiro atoms.